The van der Waals surface area contributed by atoms with Crippen LogP contribution in [0.3, 0.4) is 0 Å². The lowest BCUT2D eigenvalue weighted by atomic mass is 10.5. The smallest absolute Gasteiger partial charge is 0.0876 e. The van der Waals surface area contributed by atoms with E-state index >= 15 is 0 Å². The molecule has 0 radical (unpaired) electrons. The van der Waals surface area contributed by atoms with E-state index in [2.05, 4.69) is 0 Å². The summed E-state index contributed by atoms with van der Waals surface area (Å²) in [5.74, 6) is 0. The molecule has 0 aliphatic rings. The monoisotopic (exact) mass is 176 g/mol. The average Bonchev–Trinajstić information content (AvgIpc) is 2.10. The molecule has 0 atom stereocenters. The van der Waals surface area contributed by atoms with Crippen LogP contribution in [0.2, 0.25) is 0 Å². The van der Waals surface area contributed by atoms with Gasteiger partial charge in [-0.15, -0.1) is 0 Å². The second kappa shape index (κ2) is 8.32. The van der Waals surface area contributed by atoms with Gasteiger partial charge in [0.1, 0.15) is 0 Å². The van der Waals surface area contributed by atoms with Crippen LogP contribution in [0.5, 0.6) is 0 Å². The molecule has 0 aromatic heterocycles. The molecule has 0 aromatic rings. The number of aliphatic hydroxyl groups excluding tert-OH is 1. The first-order valence-electron chi connectivity index (χ1n) is 3.74. The second-order valence-electron chi connectivity index (χ2n) is 2.13. The van der Waals surface area contributed by atoms with E-state index in [-0.39, 0.29) is 6.61 Å². The van der Waals surface area contributed by atoms with Crippen molar-refractivity contribution in [2.75, 3.05) is 33.0 Å². The molecule has 72 valence electrons. The number of nitrogens with two attached hydrogens (primary N) is 2. The molecular weight excluding hydrogens is 160 g/mol. The zero-order valence-corrected chi connectivity index (χ0v) is 7.03. The Labute approximate surface area is 71.9 Å². The summed E-state index contributed by atoms with van der Waals surface area (Å²) in [6.45, 7) is 1.60. The average molecular weight is 176 g/mol. The van der Waals surface area contributed by atoms with Gasteiger partial charge in [-0.2, -0.15) is 0 Å². The molecule has 0 aliphatic heterocycles. The van der Waals surface area contributed by atoms with Crippen LogP contribution in [0.15, 0.2) is 11.9 Å². The zero-order chi connectivity index (χ0) is 9.23. The zero-order valence-electron chi connectivity index (χ0n) is 7.03. The number of hydrogen-bond donors (Lipinski definition) is 3. The highest BCUT2D eigenvalue weighted by Crippen LogP contribution is 1.83. The third-order valence-electron chi connectivity index (χ3n) is 1.09. The van der Waals surface area contributed by atoms with Crippen molar-refractivity contribution < 1.29 is 14.6 Å². The minimum absolute atomic E-state index is 0.0326. The third kappa shape index (κ3) is 7.33. The lowest BCUT2D eigenvalue weighted by Crippen LogP contribution is -2.12. The molecule has 0 heterocycles. The summed E-state index contributed by atoms with van der Waals surface area (Å²) in [4.78, 5) is 0. The molecule has 5 nitrogen and oxygen atoms in total. The van der Waals surface area contributed by atoms with E-state index in [1.807, 2.05) is 0 Å². The summed E-state index contributed by atoms with van der Waals surface area (Å²) < 4.78 is 9.98. The van der Waals surface area contributed by atoms with Gasteiger partial charge in [-0.25, -0.2) is 0 Å². The van der Waals surface area contributed by atoms with Crippen molar-refractivity contribution in [1.82, 2.24) is 0 Å². The second-order valence-corrected chi connectivity index (χ2v) is 2.13. The lowest BCUT2D eigenvalue weighted by Gasteiger charge is -2.04. The highest BCUT2D eigenvalue weighted by molar-refractivity contribution is 4.92. The van der Waals surface area contributed by atoms with Gasteiger partial charge in [-0.05, 0) is 0 Å². The molecule has 0 aromatic carbocycles. The van der Waals surface area contributed by atoms with Gasteiger partial charge in [0.2, 0.25) is 0 Å². The standard InChI is InChI=1S/C7H16N2O3/c8-5-7(9)6-12-4-3-11-2-1-10/h5,10H,1-4,6,8-9H2/b7-5-. The van der Waals surface area contributed by atoms with Gasteiger partial charge in [-0.1, -0.05) is 0 Å². The van der Waals surface area contributed by atoms with Gasteiger partial charge in [-0.3, -0.25) is 0 Å². The van der Waals surface area contributed by atoms with Crippen LogP contribution in [0.4, 0.5) is 0 Å². The quantitative estimate of drug-likeness (QED) is 0.422. The Balaban J connectivity index is 3.00. The van der Waals surface area contributed by atoms with Crippen molar-refractivity contribution in [3.05, 3.63) is 11.9 Å². The predicted octanol–water partition coefficient (Wildman–Crippen LogP) is -1.23. The Morgan fingerprint density at radius 3 is 2.50 bits per heavy atom. The maximum absolute atomic E-state index is 8.34. The summed E-state index contributed by atoms with van der Waals surface area (Å²) in [6.07, 6.45) is 1.30. The first kappa shape index (κ1) is 11.2. The van der Waals surface area contributed by atoms with Crippen molar-refractivity contribution in [3.63, 3.8) is 0 Å². The van der Waals surface area contributed by atoms with Crippen molar-refractivity contribution in [2.45, 2.75) is 0 Å². The van der Waals surface area contributed by atoms with Crippen molar-refractivity contribution in [3.8, 4) is 0 Å². The van der Waals surface area contributed by atoms with Crippen LogP contribution in [0.25, 0.3) is 0 Å². The van der Waals surface area contributed by atoms with E-state index in [4.69, 9.17) is 26.0 Å². The highest BCUT2D eigenvalue weighted by atomic mass is 16.5. The molecule has 0 saturated carbocycles. The Bertz CT molecular complexity index is 128. The summed E-state index contributed by atoms with van der Waals surface area (Å²) in [7, 11) is 0. The Kier molecular flexibility index (Phi) is 7.78. The Morgan fingerprint density at radius 1 is 1.25 bits per heavy atom. The van der Waals surface area contributed by atoms with E-state index in [0.717, 1.165) is 0 Å². The summed E-state index contributed by atoms with van der Waals surface area (Å²) >= 11 is 0. The molecule has 5 heteroatoms. The summed E-state index contributed by atoms with van der Waals surface area (Å²) in [6, 6.07) is 0. The largest absolute Gasteiger partial charge is 0.403 e. The van der Waals surface area contributed by atoms with Gasteiger partial charge >= 0.3 is 0 Å². The van der Waals surface area contributed by atoms with Crippen molar-refractivity contribution in [2.24, 2.45) is 11.5 Å². The van der Waals surface area contributed by atoms with Crippen LogP contribution in [0.1, 0.15) is 0 Å². The minimum atomic E-state index is 0.0326. The molecule has 0 saturated heterocycles. The Morgan fingerprint density at radius 2 is 1.92 bits per heavy atom. The van der Waals surface area contributed by atoms with Gasteiger partial charge in [0.25, 0.3) is 0 Å². The van der Waals surface area contributed by atoms with Crippen molar-refractivity contribution in [1.29, 1.82) is 0 Å². The fourth-order valence-corrected chi connectivity index (χ4v) is 0.523. The minimum Gasteiger partial charge on any atom is -0.403 e. The van der Waals surface area contributed by atoms with Gasteiger partial charge < -0.3 is 26.0 Å². The van der Waals surface area contributed by atoms with Crippen LogP contribution >= 0.6 is 0 Å². The van der Waals surface area contributed by atoms with Gasteiger partial charge in [0.05, 0.1) is 38.7 Å². The van der Waals surface area contributed by atoms with Gasteiger partial charge in [0, 0.05) is 6.20 Å². The Hall–Kier alpha value is -0.780. The third-order valence-corrected chi connectivity index (χ3v) is 1.09. The lowest BCUT2D eigenvalue weighted by molar-refractivity contribution is 0.0393. The SMILES string of the molecule is N/C=C(\N)COCCOCCO. The molecule has 5 N–H and O–H groups in total. The molecule has 0 aliphatic carbocycles. The van der Waals surface area contributed by atoms with Gasteiger partial charge in [0.15, 0.2) is 0 Å². The fraction of sp³-hybridized carbons (Fsp3) is 0.714. The maximum atomic E-state index is 8.34. The van der Waals surface area contributed by atoms with Crippen LogP contribution in [-0.2, 0) is 9.47 Å². The molecule has 0 amide bonds. The normalized spacial score (nSPS) is 11.9. The van der Waals surface area contributed by atoms with E-state index < -0.39 is 0 Å². The van der Waals surface area contributed by atoms with E-state index in [1.165, 1.54) is 6.20 Å². The topological polar surface area (TPSA) is 90.7 Å². The first-order chi connectivity index (χ1) is 5.81. The van der Waals surface area contributed by atoms with E-state index in [9.17, 15) is 0 Å². The number of hydrogen-bond acceptors (Lipinski definition) is 5. The van der Waals surface area contributed by atoms with Crippen LogP contribution < -0.4 is 11.5 Å². The molecule has 0 rings (SSSR count). The van der Waals surface area contributed by atoms with Crippen molar-refractivity contribution >= 4 is 0 Å². The van der Waals surface area contributed by atoms with E-state index in [1.54, 1.807) is 0 Å². The number of rotatable bonds is 7. The first-order valence-corrected chi connectivity index (χ1v) is 3.74. The molecule has 0 unspecified atom stereocenters. The number of ether oxygens (including phenoxy) is 2. The molecule has 0 fully saturated rings. The summed E-state index contributed by atoms with van der Waals surface area (Å²) in [5.41, 5.74) is 10.9. The molecule has 12 heavy (non-hydrogen) atoms. The maximum Gasteiger partial charge on any atom is 0.0876 e. The van der Waals surface area contributed by atoms with E-state index in [0.29, 0.717) is 32.1 Å². The fourth-order valence-electron chi connectivity index (χ4n) is 0.523. The molecule has 0 spiro atoms. The molecule has 0 bridgehead atoms. The predicted molar refractivity (Wildman–Crippen MR) is 45.2 cm³/mol. The highest BCUT2D eigenvalue weighted by Gasteiger charge is 1.90. The van der Waals surface area contributed by atoms with Crippen LogP contribution in [0, 0.1) is 0 Å². The van der Waals surface area contributed by atoms with Crippen LogP contribution in [-0.4, -0.2) is 38.1 Å². The molecular formula is C7H16N2O3. The number of aliphatic hydroxyl groups is 1. The summed E-state index contributed by atoms with van der Waals surface area (Å²) in [5, 5.41) is 8.34.